The van der Waals surface area contributed by atoms with Crippen molar-refractivity contribution in [1.82, 2.24) is 0 Å². The third-order valence-electron chi connectivity index (χ3n) is 3.28. The Morgan fingerprint density at radius 1 is 0.909 bits per heavy atom. The second kappa shape index (κ2) is 5.60. The summed E-state index contributed by atoms with van der Waals surface area (Å²) < 4.78 is 42.6. The molecule has 0 atom stereocenters. The molecule has 0 N–H and O–H groups in total. The van der Waals surface area contributed by atoms with Crippen molar-refractivity contribution in [3.05, 3.63) is 28.8 Å². The molecule has 0 saturated carbocycles. The van der Waals surface area contributed by atoms with Crippen LogP contribution in [0.3, 0.4) is 0 Å². The lowest BCUT2D eigenvalue weighted by Crippen LogP contribution is -2.30. The highest BCUT2D eigenvalue weighted by Crippen LogP contribution is 2.41. The molecule has 1 aromatic carbocycles. The molecule has 0 radical (unpaired) electrons. The molecule has 0 bridgehead atoms. The van der Waals surface area contributed by atoms with E-state index in [4.69, 9.17) is 4.74 Å². The van der Waals surface area contributed by atoms with E-state index in [2.05, 4.69) is 0 Å². The number of hydrogen-bond acceptors (Lipinski definition) is 2. The lowest BCUT2D eigenvalue weighted by Gasteiger charge is -2.29. The minimum absolute atomic E-state index is 0.0212. The van der Waals surface area contributed by atoms with E-state index in [-0.39, 0.29) is 5.75 Å². The van der Waals surface area contributed by atoms with Gasteiger partial charge in [-0.1, -0.05) is 59.2 Å². The maximum atomic E-state index is 12.6. The van der Waals surface area contributed by atoms with Crippen LogP contribution < -0.4 is 4.74 Å². The number of ether oxygens (including phenoxy) is 1. The Kier molecular flexibility index (Phi) is 4.71. The van der Waals surface area contributed by atoms with Crippen molar-refractivity contribution in [2.75, 3.05) is 0 Å². The van der Waals surface area contributed by atoms with E-state index in [9.17, 15) is 18.0 Å². The van der Waals surface area contributed by atoms with Crippen LogP contribution in [0.2, 0.25) is 0 Å². The molecule has 5 heteroatoms. The summed E-state index contributed by atoms with van der Waals surface area (Å²) in [6, 6.07) is 3.54. The first-order valence-corrected chi connectivity index (χ1v) is 7.08. The molecule has 0 aliphatic carbocycles. The maximum absolute atomic E-state index is 12.6. The Balaban J connectivity index is 3.60. The number of esters is 1. The highest BCUT2D eigenvalue weighted by molar-refractivity contribution is 5.79. The summed E-state index contributed by atoms with van der Waals surface area (Å²) in [5.41, 5.74) is 1.20. The molecule has 0 spiro atoms. The third-order valence-corrected chi connectivity index (χ3v) is 3.28. The van der Waals surface area contributed by atoms with Gasteiger partial charge in [-0.3, -0.25) is 0 Å². The van der Waals surface area contributed by atoms with Gasteiger partial charge in [0.1, 0.15) is 5.75 Å². The number of carbonyl (C=O) groups excluding carboxylic acids is 1. The van der Waals surface area contributed by atoms with Gasteiger partial charge >= 0.3 is 12.1 Å². The SMILES string of the molecule is Cc1cc(C(C)(C)C)c(OC(=O)C(F)(F)F)c(C(C)(C)C)c1. The first kappa shape index (κ1) is 18.5. The summed E-state index contributed by atoms with van der Waals surface area (Å²) in [5, 5.41) is 0. The highest BCUT2D eigenvalue weighted by atomic mass is 19.4. The standard InChI is InChI=1S/C17H23F3O2/c1-10-8-11(15(2,3)4)13(12(9-10)16(5,6)7)22-14(21)17(18,19)20/h8-9H,1-7H3. The zero-order valence-electron chi connectivity index (χ0n) is 14.1. The quantitative estimate of drug-likeness (QED) is 0.535. The number of alkyl halides is 3. The number of hydrogen-bond donors (Lipinski definition) is 0. The van der Waals surface area contributed by atoms with Gasteiger partial charge < -0.3 is 4.74 Å². The van der Waals surface area contributed by atoms with Crippen molar-refractivity contribution in [2.45, 2.75) is 65.5 Å². The number of rotatable bonds is 1. The average molecular weight is 316 g/mol. The second-order valence-electron chi connectivity index (χ2n) is 7.58. The average Bonchev–Trinajstić information content (AvgIpc) is 2.26. The molecule has 0 aromatic heterocycles. The van der Waals surface area contributed by atoms with E-state index in [1.165, 1.54) is 0 Å². The maximum Gasteiger partial charge on any atom is 0.491 e. The fourth-order valence-electron chi connectivity index (χ4n) is 2.15. The third kappa shape index (κ3) is 4.24. The van der Waals surface area contributed by atoms with Crippen molar-refractivity contribution in [1.29, 1.82) is 0 Å². The van der Waals surface area contributed by atoms with E-state index in [0.29, 0.717) is 11.1 Å². The number of carbonyl (C=O) groups is 1. The molecule has 0 amide bonds. The molecule has 1 rings (SSSR count). The highest BCUT2D eigenvalue weighted by Gasteiger charge is 2.43. The zero-order valence-corrected chi connectivity index (χ0v) is 14.1. The summed E-state index contributed by atoms with van der Waals surface area (Å²) in [6.07, 6.45) is -5.02. The fourth-order valence-corrected chi connectivity index (χ4v) is 2.15. The molecule has 22 heavy (non-hydrogen) atoms. The molecule has 0 fully saturated rings. The summed E-state index contributed by atoms with van der Waals surface area (Å²) in [4.78, 5) is 11.3. The molecular weight excluding hydrogens is 293 g/mol. The van der Waals surface area contributed by atoms with Gasteiger partial charge in [0.05, 0.1) is 0 Å². The van der Waals surface area contributed by atoms with Crippen LogP contribution in [0.25, 0.3) is 0 Å². The summed E-state index contributed by atoms with van der Waals surface area (Å²) in [7, 11) is 0. The van der Waals surface area contributed by atoms with Crippen LogP contribution in [0.5, 0.6) is 5.75 Å². The summed E-state index contributed by atoms with van der Waals surface area (Å²) in [5.74, 6) is -2.17. The predicted octanol–water partition coefficient (Wildman–Crippen LogP) is 5.06. The number of halogens is 3. The normalized spacial score (nSPS) is 13.2. The van der Waals surface area contributed by atoms with Crippen LogP contribution in [-0.4, -0.2) is 12.1 Å². The molecule has 2 nitrogen and oxygen atoms in total. The van der Waals surface area contributed by atoms with Crippen LogP contribution in [0.15, 0.2) is 12.1 Å². The second-order valence-corrected chi connectivity index (χ2v) is 7.58. The van der Waals surface area contributed by atoms with E-state index >= 15 is 0 Å². The Bertz CT molecular complexity index is 538. The van der Waals surface area contributed by atoms with Crippen LogP contribution in [0.1, 0.15) is 58.2 Å². The Labute approximate surface area is 129 Å². The molecular formula is C17H23F3O2. The van der Waals surface area contributed by atoms with Crippen molar-refractivity contribution in [2.24, 2.45) is 0 Å². The van der Waals surface area contributed by atoms with Crippen molar-refractivity contribution in [3.63, 3.8) is 0 Å². The van der Waals surface area contributed by atoms with Crippen LogP contribution in [-0.2, 0) is 15.6 Å². The van der Waals surface area contributed by atoms with E-state index in [1.807, 2.05) is 48.5 Å². The van der Waals surface area contributed by atoms with E-state index < -0.39 is 23.0 Å². The van der Waals surface area contributed by atoms with Crippen molar-refractivity contribution < 1.29 is 22.7 Å². The molecule has 0 unspecified atom stereocenters. The van der Waals surface area contributed by atoms with Gasteiger partial charge in [0.2, 0.25) is 0 Å². The van der Waals surface area contributed by atoms with Crippen LogP contribution >= 0.6 is 0 Å². The van der Waals surface area contributed by atoms with Crippen LogP contribution in [0, 0.1) is 6.92 Å². The van der Waals surface area contributed by atoms with Gasteiger partial charge in [-0.2, -0.15) is 13.2 Å². The Morgan fingerprint density at radius 2 is 1.27 bits per heavy atom. The van der Waals surface area contributed by atoms with E-state index in [0.717, 1.165) is 5.56 Å². The van der Waals surface area contributed by atoms with Gasteiger partial charge in [-0.15, -0.1) is 0 Å². The van der Waals surface area contributed by atoms with Crippen molar-refractivity contribution >= 4 is 5.97 Å². The first-order valence-electron chi connectivity index (χ1n) is 7.08. The lowest BCUT2D eigenvalue weighted by molar-refractivity contribution is -0.189. The number of benzene rings is 1. The molecule has 0 aliphatic rings. The Morgan fingerprint density at radius 3 is 1.55 bits per heavy atom. The Hall–Kier alpha value is -1.52. The lowest BCUT2D eigenvalue weighted by atomic mass is 9.78. The minimum atomic E-state index is -5.02. The molecule has 0 saturated heterocycles. The van der Waals surface area contributed by atoms with Crippen LogP contribution in [0.4, 0.5) is 13.2 Å². The van der Waals surface area contributed by atoms with E-state index in [1.54, 1.807) is 12.1 Å². The minimum Gasteiger partial charge on any atom is -0.419 e. The smallest absolute Gasteiger partial charge is 0.419 e. The molecule has 1 aromatic rings. The van der Waals surface area contributed by atoms with Gasteiger partial charge in [0.25, 0.3) is 0 Å². The van der Waals surface area contributed by atoms with Gasteiger partial charge in [-0.05, 0) is 17.8 Å². The first-order chi connectivity index (χ1) is 9.64. The van der Waals surface area contributed by atoms with Gasteiger partial charge in [0, 0.05) is 11.1 Å². The molecule has 0 aliphatic heterocycles. The van der Waals surface area contributed by atoms with Gasteiger partial charge in [-0.25, -0.2) is 4.79 Å². The van der Waals surface area contributed by atoms with Crippen molar-refractivity contribution in [3.8, 4) is 5.75 Å². The summed E-state index contributed by atoms with van der Waals surface area (Å²) in [6.45, 7) is 13.1. The topological polar surface area (TPSA) is 26.3 Å². The predicted molar refractivity (Wildman–Crippen MR) is 80.3 cm³/mol. The largest absolute Gasteiger partial charge is 0.491 e. The monoisotopic (exact) mass is 316 g/mol. The number of aryl methyl sites for hydroxylation is 1. The van der Waals surface area contributed by atoms with Gasteiger partial charge in [0.15, 0.2) is 0 Å². The fraction of sp³-hybridized carbons (Fsp3) is 0.588. The summed E-state index contributed by atoms with van der Waals surface area (Å²) >= 11 is 0. The molecule has 124 valence electrons. The molecule has 0 heterocycles. The zero-order chi connectivity index (χ0) is 17.5.